The van der Waals surface area contributed by atoms with E-state index in [0.717, 1.165) is 36.3 Å². The number of halogens is 1. The Kier molecular flexibility index (Phi) is 4.40. The van der Waals surface area contributed by atoms with E-state index in [1.54, 1.807) is 0 Å². The molecule has 1 saturated heterocycles. The van der Waals surface area contributed by atoms with E-state index in [0.29, 0.717) is 6.04 Å². The normalized spacial score (nSPS) is 19.6. The van der Waals surface area contributed by atoms with Gasteiger partial charge in [-0.2, -0.15) is 0 Å². The maximum Gasteiger partial charge on any atom is 0.143 e. The van der Waals surface area contributed by atoms with Gasteiger partial charge in [-0.25, -0.2) is 4.98 Å². The molecule has 0 spiro atoms. The molecule has 0 aromatic carbocycles. The van der Waals surface area contributed by atoms with E-state index in [9.17, 15) is 0 Å². The van der Waals surface area contributed by atoms with Crippen LogP contribution in [0.5, 0.6) is 0 Å². The van der Waals surface area contributed by atoms with Crippen molar-refractivity contribution in [2.45, 2.75) is 32.7 Å². The molecule has 1 aliphatic heterocycles. The minimum atomic E-state index is 0.585. The molecular formula is C13H20BrN3. The molecule has 0 saturated carbocycles. The quantitative estimate of drug-likeness (QED) is 0.926. The predicted molar refractivity (Wildman–Crippen MR) is 75.6 cm³/mol. The zero-order valence-corrected chi connectivity index (χ0v) is 12.1. The van der Waals surface area contributed by atoms with Gasteiger partial charge in [0.15, 0.2) is 0 Å². The number of hydrogen-bond donors (Lipinski definition) is 1. The summed E-state index contributed by atoms with van der Waals surface area (Å²) in [5.74, 6) is 1.09. The number of anilines is 1. The molecule has 1 N–H and O–H groups in total. The Morgan fingerprint density at radius 2 is 2.41 bits per heavy atom. The molecule has 0 amide bonds. The fourth-order valence-electron chi connectivity index (χ4n) is 2.35. The van der Waals surface area contributed by atoms with Gasteiger partial charge in [-0.15, -0.1) is 0 Å². The highest BCUT2D eigenvalue weighted by Crippen LogP contribution is 2.27. The van der Waals surface area contributed by atoms with Crippen molar-refractivity contribution >= 4 is 21.7 Å². The first-order chi connectivity index (χ1) is 8.22. The number of rotatable bonds is 4. The first-order valence-electron chi connectivity index (χ1n) is 6.32. The zero-order chi connectivity index (χ0) is 12.3. The third-order valence-electron chi connectivity index (χ3n) is 3.17. The highest BCUT2D eigenvalue weighted by atomic mass is 79.9. The van der Waals surface area contributed by atoms with Gasteiger partial charge in [-0.05, 0) is 53.9 Å². The number of aromatic nitrogens is 1. The molecule has 17 heavy (non-hydrogen) atoms. The van der Waals surface area contributed by atoms with Crippen LogP contribution < -0.4 is 10.2 Å². The minimum Gasteiger partial charge on any atom is -0.351 e. The Hall–Kier alpha value is -0.610. The average Bonchev–Trinajstić information content (AvgIpc) is 2.80. The van der Waals surface area contributed by atoms with Crippen LogP contribution >= 0.6 is 15.9 Å². The molecule has 1 aliphatic rings. The SMILES string of the molecule is CCCN(c1ncc(C)cc1Br)C1CCNC1. The monoisotopic (exact) mass is 297 g/mol. The summed E-state index contributed by atoms with van der Waals surface area (Å²) >= 11 is 3.64. The molecule has 94 valence electrons. The van der Waals surface area contributed by atoms with Crippen molar-refractivity contribution in [1.82, 2.24) is 10.3 Å². The summed E-state index contributed by atoms with van der Waals surface area (Å²) < 4.78 is 1.11. The van der Waals surface area contributed by atoms with Crippen LogP contribution in [0.25, 0.3) is 0 Å². The highest BCUT2D eigenvalue weighted by Gasteiger charge is 2.24. The molecule has 1 fully saturated rings. The molecule has 4 heteroatoms. The Balaban J connectivity index is 2.24. The van der Waals surface area contributed by atoms with E-state index < -0.39 is 0 Å². The lowest BCUT2D eigenvalue weighted by Crippen LogP contribution is -2.38. The summed E-state index contributed by atoms with van der Waals surface area (Å²) in [6.45, 7) is 7.55. The zero-order valence-electron chi connectivity index (χ0n) is 10.5. The number of pyridine rings is 1. The van der Waals surface area contributed by atoms with Gasteiger partial charge in [0.25, 0.3) is 0 Å². The first kappa shape index (κ1) is 12.8. The van der Waals surface area contributed by atoms with E-state index in [-0.39, 0.29) is 0 Å². The summed E-state index contributed by atoms with van der Waals surface area (Å²) in [5, 5.41) is 3.43. The molecule has 1 aromatic heterocycles. The Morgan fingerprint density at radius 1 is 1.59 bits per heavy atom. The first-order valence-corrected chi connectivity index (χ1v) is 7.11. The molecule has 2 heterocycles. The summed E-state index contributed by atoms with van der Waals surface area (Å²) in [6.07, 6.45) is 4.31. The van der Waals surface area contributed by atoms with Crippen molar-refractivity contribution in [1.29, 1.82) is 0 Å². The second-order valence-corrected chi connectivity index (χ2v) is 5.51. The van der Waals surface area contributed by atoms with Crippen LogP contribution in [-0.2, 0) is 0 Å². The van der Waals surface area contributed by atoms with Crippen LogP contribution in [0.3, 0.4) is 0 Å². The molecule has 0 aliphatic carbocycles. The minimum absolute atomic E-state index is 0.585. The Labute approximate surface area is 112 Å². The fourth-order valence-corrected chi connectivity index (χ4v) is 3.04. The molecule has 1 aromatic rings. The van der Waals surface area contributed by atoms with Crippen molar-refractivity contribution in [3.05, 3.63) is 22.3 Å². The molecule has 0 bridgehead atoms. The largest absolute Gasteiger partial charge is 0.351 e. The Bertz CT molecular complexity index is 375. The highest BCUT2D eigenvalue weighted by molar-refractivity contribution is 9.10. The van der Waals surface area contributed by atoms with Gasteiger partial charge in [-0.3, -0.25) is 0 Å². The maximum absolute atomic E-state index is 4.59. The van der Waals surface area contributed by atoms with Crippen LogP contribution in [-0.4, -0.2) is 30.7 Å². The van der Waals surface area contributed by atoms with Crippen molar-refractivity contribution in [2.75, 3.05) is 24.5 Å². The third kappa shape index (κ3) is 2.99. The van der Waals surface area contributed by atoms with Gasteiger partial charge >= 0.3 is 0 Å². The van der Waals surface area contributed by atoms with Crippen LogP contribution in [0.2, 0.25) is 0 Å². The Morgan fingerprint density at radius 3 is 3.00 bits per heavy atom. The summed E-state index contributed by atoms with van der Waals surface area (Å²) in [6, 6.07) is 2.73. The fraction of sp³-hybridized carbons (Fsp3) is 0.615. The van der Waals surface area contributed by atoms with E-state index >= 15 is 0 Å². The van der Waals surface area contributed by atoms with Gasteiger partial charge in [0.2, 0.25) is 0 Å². The van der Waals surface area contributed by atoms with Gasteiger partial charge < -0.3 is 10.2 Å². The van der Waals surface area contributed by atoms with Crippen LogP contribution in [0.4, 0.5) is 5.82 Å². The lowest BCUT2D eigenvalue weighted by Gasteiger charge is -2.30. The van der Waals surface area contributed by atoms with Crippen molar-refractivity contribution in [3.8, 4) is 0 Å². The third-order valence-corrected chi connectivity index (χ3v) is 3.75. The van der Waals surface area contributed by atoms with Gasteiger partial charge in [0, 0.05) is 25.3 Å². The van der Waals surface area contributed by atoms with Crippen molar-refractivity contribution in [2.24, 2.45) is 0 Å². The second kappa shape index (κ2) is 5.83. The number of nitrogens with one attached hydrogen (secondary N) is 1. The lowest BCUT2D eigenvalue weighted by molar-refractivity contribution is 0.617. The van der Waals surface area contributed by atoms with Crippen molar-refractivity contribution in [3.63, 3.8) is 0 Å². The number of aryl methyl sites for hydroxylation is 1. The van der Waals surface area contributed by atoms with E-state index in [1.807, 2.05) is 6.20 Å². The predicted octanol–water partition coefficient (Wildman–Crippen LogP) is 2.73. The molecule has 1 atom stereocenters. The van der Waals surface area contributed by atoms with E-state index in [1.165, 1.54) is 12.0 Å². The summed E-state index contributed by atoms with van der Waals surface area (Å²) in [4.78, 5) is 7.03. The topological polar surface area (TPSA) is 28.2 Å². The number of hydrogen-bond acceptors (Lipinski definition) is 3. The van der Waals surface area contributed by atoms with Gasteiger partial charge in [0.05, 0.1) is 4.47 Å². The van der Waals surface area contributed by atoms with Crippen molar-refractivity contribution < 1.29 is 0 Å². The smallest absolute Gasteiger partial charge is 0.143 e. The summed E-state index contributed by atoms with van der Waals surface area (Å²) in [7, 11) is 0. The number of nitrogens with zero attached hydrogens (tertiary/aromatic N) is 2. The van der Waals surface area contributed by atoms with Gasteiger partial charge in [-0.1, -0.05) is 6.92 Å². The standard InChI is InChI=1S/C13H20BrN3/c1-3-6-17(11-4-5-15-9-11)13-12(14)7-10(2)8-16-13/h7-8,11,15H,3-6,9H2,1-2H3. The maximum atomic E-state index is 4.59. The molecule has 2 rings (SSSR count). The van der Waals surface area contributed by atoms with E-state index in [4.69, 9.17) is 0 Å². The molecule has 0 radical (unpaired) electrons. The average molecular weight is 298 g/mol. The van der Waals surface area contributed by atoms with Gasteiger partial charge in [0.1, 0.15) is 5.82 Å². The summed E-state index contributed by atoms with van der Waals surface area (Å²) in [5.41, 5.74) is 1.20. The van der Waals surface area contributed by atoms with E-state index in [2.05, 4.69) is 51.0 Å². The second-order valence-electron chi connectivity index (χ2n) is 4.66. The van der Waals surface area contributed by atoms with Crippen LogP contribution in [0.15, 0.2) is 16.7 Å². The molecular weight excluding hydrogens is 278 g/mol. The lowest BCUT2D eigenvalue weighted by atomic mass is 10.2. The molecule has 3 nitrogen and oxygen atoms in total. The molecule has 1 unspecified atom stereocenters. The van der Waals surface area contributed by atoms with Crippen LogP contribution in [0.1, 0.15) is 25.3 Å². The van der Waals surface area contributed by atoms with Crippen LogP contribution in [0, 0.1) is 6.92 Å².